The normalized spacial score (nSPS) is 12.1. The van der Waals surface area contributed by atoms with Crippen molar-refractivity contribution in [1.82, 2.24) is 4.98 Å². The zero-order valence-electron chi connectivity index (χ0n) is 11.8. The topological polar surface area (TPSA) is 82.0 Å². The lowest BCUT2D eigenvalue weighted by molar-refractivity contribution is 0.0975. The van der Waals surface area contributed by atoms with Gasteiger partial charge >= 0.3 is 0 Å². The van der Waals surface area contributed by atoms with Crippen LogP contribution in [-0.2, 0) is 0 Å². The number of Topliss-reactive ketones (excluding diaryl/α,β-unsaturated/α-hetero) is 1. The van der Waals surface area contributed by atoms with E-state index in [-0.39, 0.29) is 11.7 Å². The van der Waals surface area contributed by atoms with E-state index >= 15 is 0 Å². The molecule has 1 heterocycles. The van der Waals surface area contributed by atoms with E-state index in [4.69, 9.17) is 11.5 Å². The molecule has 2 aromatic rings. The molecule has 1 atom stereocenters. The highest BCUT2D eigenvalue weighted by Gasteiger charge is 2.17. The van der Waals surface area contributed by atoms with E-state index in [1.54, 1.807) is 12.3 Å². The summed E-state index contributed by atoms with van der Waals surface area (Å²) in [5.74, 6) is 0.444. The third-order valence-corrected chi connectivity index (χ3v) is 3.46. The molecule has 0 aliphatic heterocycles. The number of ketones is 1. The summed E-state index contributed by atoms with van der Waals surface area (Å²) >= 11 is 0. The highest BCUT2D eigenvalue weighted by atomic mass is 16.1. The maximum atomic E-state index is 12.4. The molecule has 0 saturated carbocycles. The summed E-state index contributed by atoms with van der Waals surface area (Å²) in [5, 5.41) is 0. The Kier molecular flexibility index (Phi) is 4.03. The second-order valence-corrected chi connectivity index (χ2v) is 5.08. The molecular weight excluding hydrogens is 250 g/mol. The lowest BCUT2D eigenvalue weighted by Gasteiger charge is -2.13. The van der Waals surface area contributed by atoms with Crippen LogP contribution in [0, 0.1) is 6.92 Å². The van der Waals surface area contributed by atoms with E-state index in [2.05, 4.69) is 4.98 Å². The van der Waals surface area contributed by atoms with E-state index in [9.17, 15) is 4.79 Å². The molecule has 4 heteroatoms. The average molecular weight is 269 g/mol. The van der Waals surface area contributed by atoms with Crippen molar-refractivity contribution < 1.29 is 4.79 Å². The van der Waals surface area contributed by atoms with Gasteiger partial charge in [0.25, 0.3) is 0 Å². The Morgan fingerprint density at radius 3 is 2.45 bits per heavy atom. The van der Waals surface area contributed by atoms with Crippen LogP contribution in [0.5, 0.6) is 0 Å². The molecule has 0 saturated heterocycles. The van der Waals surface area contributed by atoms with Gasteiger partial charge in [0.1, 0.15) is 5.82 Å². The van der Waals surface area contributed by atoms with Gasteiger partial charge in [-0.25, -0.2) is 4.98 Å². The summed E-state index contributed by atoms with van der Waals surface area (Å²) in [6, 6.07) is 9.40. The largest absolute Gasteiger partial charge is 0.399 e. The number of carbonyl (C=O) groups is 1. The van der Waals surface area contributed by atoms with E-state index in [1.807, 2.05) is 38.1 Å². The number of nitrogens with two attached hydrogens (primary N) is 2. The smallest absolute Gasteiger partial charge is 0.167 e. The van der Waals surface area contributed by atoms with E-state index in [1.165, 1.54) is 0 Å². The van der Waals surface area contributed by atoms with Gasteiger partial charge in [-0.05, 0) is 42.2 Å². The Morgan fingerprint density at radius 1 is 1.20 bits per heavy atom. The van der Waals surface area contributed by atoms with Gasteiger partial charge in [-0.15, -0.1) is 0 Å². The molecule has 0 aliphatic carbocycles. The minimum Gasteiger partial charge on any atom is -0.399 e. The molecule has 20 heavy (non-hydrogen) atoms. The highest BCUT2D eigenvalue weighted by Crippen LogP contribution is 2.24. The highest BCUT2D eigenvalue weighted by molar-refractivity contribution is 6.01. The van der Waals surface area contributed by atoms with Crippen LogP contribution >= 0.6 is 0 Å². The minimum absolute atomic E-state index is 0.0254. The zero-order valence-corrected chi connectivity index (χ0v) is 11.8. The maximum absolute atomic E-state index is 12.4. The quantitative estimate of drug-likeness (QED) is 0.660. The number of benzene rings is 1. The summed E-state index contributed by atoms with van der Waals surface area (Å²) < 4.78 is 0. The van der Waals surface area contributed by atoms with Gasteiger partial charge in [-0.2, -0.15) is 0 Å². The van der Waals surface area contributed by atoms with Crippen molar-refractivity contribution in [1.29, 1.82) is 0 Å². The van der Waals surface area contributed by atoms with Gasteiger partial charge < -0.3 is 11.5 Å². The van der Waals surface area contributed by atoms with Gasteiger partial charge in [0.2, 0.25) is 0 Å². The van der Waals surface area contributed by atoms with Crippen molar-refractivity contribution >= 4 is 17.3 Å². The van der Waals surface area contributed by atoms with Crippen molar-refractivity contribution in [2.24, 2.45) is 0 Å². The molecule has 0 spiro atoms. The lowest BCUT2D eigenvalue weighted by Crippen LogP contribution is -2.10. The molecular formula is C16H19N3O. The van der Waals surface area contributed by atoms with Crippen molar-refractivity contribution in [2.75, 3.05) is 11.5 Å². The average Bonchev–Trinajstić information content (AvgIpc) is 2.39. The standard InChI is InChI=1S/C16H19N3O/c1-10-7-8-19-16(18)15(10)14(20)9-11(2)12-3-5-13(17)6-4-12/h3-8,11H,9,17H2,1-2H3,(H2,18,19). The van der Waals surface area contributed by atoms with Crippen molar-refractivity contribution in [3.05, 3.63) is 53.2 Å². The first kappa shape index (κ1) is 14.1. The number of aromatic nitrogens is 1. The molecule has 0 amide bonds. The van der Waals surface area contributed by atoms with Crippen molar-refractivity contribution in [3.8, 4) is 0 Å². The molecule has 4 nitrogen and oxygen atoms in total. The number of rotatable bonds is 4. The third kappa shape index (κ3) is 2.96. The number of nitrogen functional groups attached to an aromatic ring is 2. The molecule has 104 valence electrons. The van der Waals surface area contributed by atoms with Crippen LogP contribution in [-0.4, -0.2) is 10.8 Å². The number of nitrogens with zero attached hydrogens (tertiary/aromatic N) is 1. The van der Waals surface area contributed by atoms with E-state index < -0.39 is 0 Å². The summed E-state index contributed by atoms with van der Waals surface area (Å²) in [6.07, 6.45) is 2.02. The number of aryl methyl sites for hydroxylation is 1. The molecule has 1 unspecified atom stereocenters. The van der Waals surface area contributed by atoms with Gasteiger partial charge in [-0.1, -0.05) is 19.1 Å². The molecule has 2 rings (SSSR count). The van der Waals surface area contributed by atoms with Crippen LogP contribution in [0.3, 0.4) is 0 Å². The predicted molar refractivity (Wildman–Crippen MR) is 81.6 cm³/mol. The van der Waals surface area contributed by atoms with Crippen molar-refractivity contribution in [2.45, 2.75) is 26.2 Å². The fourth-order valence-corrected chi connectivity index (χ4v) is 2.26. The summed E-state index contributed by atoms with van der Waals surface area (Å²) in [7, 11) is 0. The zero-order chi connectivity index (χ0) is 14.7. The predicted octanol–water partition coefficient (Wildman–Crippen LogP) is 2.93. The Balaban J connectivity index is 2.17. The molecule has 1 aromatic heterocycles. The van der Waals surface area contributed by atoms with Gasteiger partial charge in [-0.3, -0.25) is 4.79 Å². The Labute approximate surface area is 118 Å². The number of hydrogen-bond donors (Lipinski definition) is 2. The second kappa shape index (κ2) is 5.74. The van der Waals surface area contributed by atoms with Gasteiger partial charge in [0.15, 0.2) is 5.78 Å². The van der Waals surface area contributed by atoms with Crippen LogP contribution in [0.25, 0.3) is 0 Å². The number of pyridine rings is 1. The fraction of sp³-hybridized carbons (Fsp3) is 0.250. The van der Waals surface area contributed by atoms with Crippen LogP contribution in [0.1, 0.15) is 40.7 Å². The van der Waals surface area contributed by atoms with Crippen LogP contribution in [0.2, 0.25) is 0 Å². The van der Waals surface area contributed by atoms with Crippen LogP contribution in [0.15, 0.2) is 36.5 Å². The Hall–Kier alpha value is -2.36. The first-order chi connectivity index (χ1) is 9.49. The second-order valence-electron chi connectivity index (χ2n) is 5.08. The molecule has 0 aliphatic rings. The SMILES string of the molecule is Cc1ccnc(N)c1C(=O)CC(C)c1ccc(N)cc1. The number of anilines is 2. The maximum Gasteiger partial charge on any atom is 0.167 e. The van der Waals surface area contributed by atoms with Crippen LogP contribution in [0.4, 0.5) is 11.5 Å². The number of hydrogen-bond acceptors (Lipinski definition) is 4. The third-order valence-electron chi connectivity index (χ3n) is 3.46. The molecule has 4 N–H and O–H groups in total. The Bertz CT molecular complexity index is 600. The summed E-state index contributed by atoms with van der Waals surface area (Å²) in [5.41, 5.74) is 14.7. The monoisotopic (exact) mass is 269 g/mol. The summed E-state index contributed by atoms with van der Waals surface area (Å²) in [6.45, 7) is 3.89. The van der Waals surface area contributed by atoms with Gasteiger partial charge in [0, 0.05) is 18.3 Å². The lowest BCUT2D eigenvalue weighted by atomic mass is 9.92. The fourth-order valence-electron chi connectivity index (χ4n) is 2.26. The minimum atomic E-state index is 0.0254. The molecule has 0 fully saturated rings. The summed E-state index contributed by atoms with van der Waals surface area (Å²) in [4.78, 5) is 16.4. The van der Waals surface area contributed by atoms with E-state index in [0.717, 1.165) is 16.8 Å². The Morgan fingerprint density at radius 2 is 1.85 bits per heavy atom. The molecule has 0 bridgehead atoms. The van der Waals surface area contributed by atoms with E-state index in [0.29, 0.717) is 17.8 Å². The van der Waals surface area contributed by atoms with Crippen molar-refractivity contribution in [3.63, 3.8) is 0 Å². The molecule has 0 radical (unpaired) electrons. The molecule has 1 aromatic carbocycles. The first-order valence-corrected chi connectivity index (χ1v) is 6.58. The number of carbonyl (C=O) groups excluding carboxylic acids is 1. The first-order valence-electron chi connectivity index (χ1n) is 6.58. The van der Waals surface area contributed by atoms with Crippen LogP contribution < -0.4 is 11.5 Å². The van der Waals surface area contributed by atoms with Gasteiger partial charge in [0.05, 0.1) is 5.56 Å².